The lowest BCUT2D eigenvalue weighted by Crippen LogP contribution is -1.98. The molecule has 104 valence electrons. The van der Waals surface area contributed by atoms with E-state index in [1.54, 1.807) is 7.11 Å². The molecule has 0 fully saturated rings. The van der Waals surface area contributed by atoms with Gasteiger partial charge in [0.15, 0.2) is 5.82 Å². The van der Waals surface area contributed by atoms with Crippen molar-refractivity contribution in [2.24, 2.45) is 5.73 Å². The topological polar surface area (TPSA) is 83.4 Å². The maximum absolute atomic E-state index is 5.48. The standard InChI is InChI=1S/C12H15N3O3.ClH/c1-16-10-4-2-3-9(5-10)7-17-8-11-14-12(6-13)18-15-11;/h2-5H,6-8,13H2,1H3;1H. The number of methoxy groups -OCH3 is 1. The van der Waals surface area contributed by atoms with E-state index in [1.165, 1.54) is 0 Å². The molecule has 2 rings (SSSR count). The van der Waals surface area contributed by atoms with Gasteiger partial charge in [-0.3, -0.25) is 0 Å². The minimum Gasteiger partial charge on any atom is -0.497 e. The van der Waals surface area contributed by atoms with Gasteiger partial charge in [0.1, 0.15) is 12.4 Å². The highest BCUT2D eigenvalue weighted by Gasteiger charge is 2.04. The van der Waals surface area contributed by atoms with Crippen molar-refractivity contribution in [1.29, 1.82) is 0 Å². The van der Waals surface area contributed by atoms with Gasteiger partial charge in [-0.05, 0) is 17.7 Å². The molecule has 0 aliphatic carbocycles. The Bertz CT molecular complexity index is 504. The summed E-state index contributed by atoms with van der Waals surface area (Å²) in [5, 5.41) is 3.74. The molecule has 1 aromatic carbocycles. The van der Waals surface area contributed by atoms with Crippen molar-refractivity contribution < 1.29 is 14.0 Å². The largest absolute Gasteiger partial charge is 0.497 e. The van der Waals surface area contributed by atoms with Crippen LogP contribution in [0.2, 0.25) is 0 Å². The number of aromatic nitrogens is 2. The molecule has 1 heterocycles. The summed E-state index contributed by atoms with van der Waals surface area (Å²) >= 11 is 0. The highest BCUT2D eigenvalue weighted by Crippen LogP contribution is 2.13. The highest BCUT2D eigenvalue weighted by atomic mass is 35.5. The number of ether oxygens (including phenoxy) is 2. The molecular formula is C12H16ClN3O3. The minimum absolute atomic E-state index is 0. The Balaban J connectivity index is 0.00000180. The predicted molar refractivity (Wildman–Crippen MR) is 70.9 cm³/mol. The molecule has 0 aliphatic rings. The molecule has 0 amide bonds. The zero-order valence-electron chi connectivity index (χ0n) is 10.5. The monoisotopic (exact) mass is 285 g/mol. The highest BCUT2D eigenvalue weighted by molar-refractivity contribution is 5.85. The van der Waals surface area contributed by atoms with Gasteiger partial charge in [-0.1, -0.05) is 17.3 Å². The van der Waals surface area contributed by atoms with Crippen LogP contribution in [0.5, 0.6) is 5.75 Å². The summed E-state index contributed by atoms with van der Waals surface area (Å²) in [6.07, 6.45) is 0. The Labute approximate surface area is 117 Å². The van der Waals surface area contributed by atoms with E-state index in [9.17, 15) is 0 Å². The number of nitrogens with two attached hydrogens (primary N) is 1. The molecule has 0 atom stereocenters. The fourth-order valence-electron chi connectivity index (χ4n) is 1.45. The van der Waals surface area contributed by atoms with E-state index in [2.05, 4.69) is 10.1 Å². The summed E-state index contributed by atoms with van der Waals surface area (Å²) in [6, 6.07) is 7.68. The van der Waals surface area contributed by atoms with Gasteiger partial charge in [0, 0.05) is 0 Å². The van der Waals surface area contributed by atoms with Gasteiger partial charge in [0.05, 0.1) is 20.3 Å². The Hall–Kier alpha value is -1.63. The van der Waals surface area contributed by atoms with Crippen molar-refractivity contribution in [2.45, 2.75) is 19.8 Å². The van der Waals surface area contributed by atoms with Gasteiger partial charge < -0.3 is 19.7 Å². The molecule has 1 aromatic heterocycles. The third-order valence-corrected chi connectivity index (χ3v) is 2.32. The summed E-state index contributed by atoms with van der Waals surface area (Å²) in [5.74, 6) is 1.72. The third-order valence-electron chi connectivity index (χ3n) is 2.32. The molecule has 0 bridgehead atoms. The van der Waals surface area contributed by atoms with Crippen molar-refractivity contribution in [2.75, 3.05) is 7.11 Å². The first kappa shape index (κ1) is 15.4. The van der Waals surface area contributed by atoms with Gasteiger partial charge in [0.2, 0.25) is 5.89 Å². The molecular weight excluding hydrogens is 270 g/mol. The summed E-state index contributed by atoms with van der Waals surface area (Å²) < 4.78 is 15.5. The molecule has 0 saturated carbocycles. The molecule has 0 radical (unpaired) electrons. The Morgan fingerprint density at radius 1 is 1.32 bits per heavy atom. The van der Waals surface area contributed by atoms with E-state index < -0.39 is 0 Å². The summed E-state index contributed by atoms with van der Waals surface area (Å²) in [6.45, 7) is 0.993. The molecule has 0 unspecified atom stereocenters. The lowest BCUT2D eigenvalue weighted by atomic mass is 10.2. The van der Waals surface area contributed by atoms with Crippen molar-refractivity contribution in [1.82, 2.24) is 10.1 Å². The fourth-order valence-corrected chi connectivity index (χ4v) is 1.45. The van der Waals surface area contributed by atoms with Crippen LogP contribution in [0.25, 0.3) is 0 Å². The number of rotatable bonds is 6. The molecule has 6 nitrogen and oxygen atoms in total. The summed E-state index contributed by atoms with van der Waals surface area (Å²) in [4.78, 5) is 4.04. The van der Waals surface area contributed by atoms with E-state index >= 15 is 0 Å². The molecule has 0 saturated heterocycles. The van der Waals surface area contributed by atoms with Gasteiger partial charge in [-0.2, -0.15) is 4.98 Å². The maximum Gasteiger partial charge on any atom is 0.240 e. The SMILES string of the molecule is COc1cccc(COCc2noc(CN)n2)c1.Cl. The lowest BCUT2D eigenvalue weighted by molar-refractivity contribution is 0.0998. The first-order chi connectivity index (χ1) is 8.81. The van der Waals surface area contributed by atoms with E-state index in [1.807, 2.05) is 24.3 Å². The van der Waals surface area contributed by atoms with E-state index in [4.69, 9.17) is 19.7 Å². The van der Waals surface area contributed by atoms with Crippen LogP contribution in [0.1, 0.15) is 17.3 Å². The van der Waals surface area contributed by atoms with Crippen LogP contribution in [0.15, 0.2) is 28.8 Å². The first-order valence-corrected chi connectivity index (χ1v) is 5.54. The maximum atomic E-state index is 5.48. The van der Waals surface area contributed by atoms with Gasteiger partial charge in [-0.25, -0.2) is 0 Å². The third kappa shape index (κ3) is 4.51. The normalized spacial score (nSPS) is 10.0. The Morgan fingerprint density at radius 2 is 2.16 bits per heavy atom. The Kier molecular flexibility index (Phi) is 6.27. The molecule has 2 N–H and O–H groups in total. The second kappa shape index (κ2) is 7.73. The number of benzene rings is 1. The first-order valence-electron chi connectivity index (χ1n) is 5.54. The van der Waals surface area contributed by atoms with Crippen molar-refractivity contribution in [3.63, 3.8) is 0 Å². The molecule has 19 heavy (non-hydrogen) atoms. The number of nitrogens with zero attached hydrogens (tertiary/aromatic N) is 2. The van der Waals surface area contributed by atoms with Gasteiger partial charge >= 0.3 is 0 Å². The smallest absolute Gasteiger partial charge is 0.240 e. The van der Waals surface area contributed by atoms with Crippen LogP contribution in [0.3, 0.4) is 0 Å². The number of hydrogen-bond donors (Lipinski definition) is 1. The van der Waals surface area contributed by atoms with E-state index in [0.717, 1.165) is 11.3 Å². The van der Waals surface area contributed by atoms with Crippen LogP contribution in [0, 0.1) is 0 Å². The second-order valence-corrected chi connectivity index (χ2v) is 3.65. The fraction of sp³-hybridized carbons (Fsp3) is 0.333. The van der Waals surface area contributed by atoms with Crippen molar-refractivity contribution in [3.05, 3.63) is 41.5 Å². The quantitative estimate of drug-likeness (QED) is 0.869. The zero-order valence-corrected chi connectivity index (χ0v) is 11.4. The van der Waals surface area contributed by atoms with Crippen LogP contribution >= 0.6 is 12.4 Å². The van der Waals surface area contributed by atoms with Gasteiger partial charge in [0.25, 0.3) is 0 Å². The minimum atomic E-state index is 0. The molecule has 0 aliphatic heterocycles. The van der Waals surface area contributed by atoms with Crippen molar-refractivity contribution >= 4 is 12.4 Å². The summed E-state index contributed by atoms with van der Waals surface area (Å²) in [7, 11) is 1.63. The predicted octanol–water partition coefficient (Wildman–Crippen LogP) is 1.68. The van der Waals surface area contributed by atoms with Crippen LogP contribution in [-0.4, -0.2) is 17.3 Å². The molecule has 7 heteroatoms. The van der Waals surface area contributed by atoms with Crippen LogP contribution in [-0.2, 0) is 24.5 Å². The Morgan fingerprint density at radius 3 is 2.84 bits per heavy atom. The number of hydrogen-bond acceptors (Lipinski definition) is 6. The van der Waals surface area contributed by atoms with Crippen LogP contribution in [0.4, 0.5) is 0 Å². The second-order valence-electron chi connectivity index (χ2n) is 3.65. The lowest BCUT2D eigenvalue weighted by Gasteiger charge is -2.04. The average molecular weight is 286 g/mol. The van der Waals surface area contributed by atoms with Crippen LogP contribution < -0.4 is 10.5 Å². The average Bonchev–Trinajstić information content (AvgIpc) is 2.87. The molecule has 2 aromatic rings. The summed E-state index contributed by atoms with van der Waals surface area (Å²) in [5.41, 5.74) is 6.39. The molecule has 0 spiro atoms. The van der Waals surface area contributed by atoms with E-state index in [0.29, 0.717) is 24.9 Å². The zero-order chi connectivity index (χ0) is 12.8. The van der Waals surface area contributed by atoms with E-state index in [-0.39, 0.29) is 19.0 Å². The van der Waals surface area contributed by atoms with Crippen molar-refractivity contribution in [3.8, 4) is 5.75 Å². The van der Waals surface area contributed by atoms with Gasteiger partial charge in [-0.15, -0.1) is 12.4 Å². The number of halogens is 1.